The first-order valence-electron chi connectivity index (χ1n) is 7.98. The number of rotatable bonds is 11. The van der Waals surface area contributed by atoms with Gasteiger partial charge in [-0.15, -0.1) is 0 Å². The topological polar surface area (TPSA) is 55.1 Å². The summed E-state index contributed by atoms with van der Waals surface area (Å²) in [4.78, 5) is 11.1. The minimum absolute atomic E-state index is 0.329. The normalized spacial score (nSPS) is 10.6. The third kappa shape index (κ3) is 7.11. The van der Waals surface area contributed by atoms with E-state index in [2.05, 4.69) is 12.2 Å². The van der Waals surface area contributed by atoms with Crippen LogP contribution in [0.15, 0.2) is 18.2 Å². The Morgan fingerprint density at radius 3 is 2.33 bits per heavy atom. The third-order valence-electron chi connectivity index (χ3n) is 3.60. The molecule has 0 aliphatic heterocycles. The molecule has 3 N–H and O–H groups in total. The molecule has 0 atom stereocenters. The third-order valence-corrected chi connectivity index (χ3v) is 3.60. The van der Waals surface area contributed by atoms with Gasteiger partial charge in [0.1, 0.15) is 5.82 Å². The van der Waals surface area contributed by atoms with Crippen LogP contribution in [0.3, 0.4) is 0 Å². The van der Waals surface area contributed by atoms with Gasteiger partial charge in [0, 0.05) is 12.1 Å². The molecule has 0 aromatic heterocycles. The number of nitrogens with two attached hydrogens (primary N) is 1. The molecule has 0 heterocycles. The van der Waals surface area contributed by atoms with Gasteiger partial charge in [0.15, 0.2) is 0 Å². The Bertz CT molecular complexity index is 435. The summed E-state index contributed by atoms with van der Waals surface area (Å²) in [6, 6.07) is 4.15. The molecule has 0 aliphatic rings. The number of primary amides is 1. The minimum atomic E-state index is -0.537. The Kier molecular flexibility index (Phi) is 8.48. The minimum Gasteiger partial charge on any atom is -0.383 e. The van der Waals surface area contributed by atoms with E-state index in [0.29, 0.717) is 17.8 Å². The summed E-state index contributed by atoms with van der Waals surface area (Å²) in [5.41, 5.74) is 5.87. The van der Waals surface area contributed by atoms with Crippen molar-refractivity contribution in [3.05, 3.63) is 29.6 Å². The van der Waals surface area contributed by atoms with E-state index in [1.54, 1.807) is 0 Å². The van der Waals surface area contributed by atoms with Crippen molar-refractivity contribution in [2.75, 3.05) is 11.9 Å². The largest absolute Gasteiger partial charge is 0.383 e. The number of amides is 1. The molecule has 118 valence electrons. The number of benzene rings is 1. The van der Waals surface area contributed by atoms with Gasteiger partial charge in [-0.2, -0.15) is 0 Å². The molecule has 0 aliphatic carbocycles. The van der Waals surface area contributed by atoms with Gasteiger partial charge in [0.25, 0.3) is 0 Å². The van der Waals surface area contributed by atoms with Gasteiger partial charge in [-0.25, -0.2) is 4.39 Å². The number of carbonyl (C=O) groups excluding carboxylic acids is 1. The van der Waals surface area contributed by atoms with Crippen molar-refractivity contribution in [3.63, 3.8) is 0 Å². The lowest BCUT2D eigenvalue weighted by molar-refractivity contribution is 0.100. The Morgan fingerprint density at radius 1 is 1.10 bits per heavy atom. The second-order valence-electron chi connectivity index (χ2n) is 5.46. The van der Waals surface area contributed by atoms with E-state index in [-0.39, 0.29) is 5.82 Å². The number of carbonyl (C=O) groups is 1. The molecule has 0 saturated heterocycles. The van der Waals surface area contributed by atoms with Gasteiger partial charge in [0.2, 0.25) is 5.91 Å². The molecule has 0 spiro atoms. The van der Waals surface area contributed by atoms with Crippen LogP contribution in [0.1, 0.15) is 68.6 Å². The summed E-state index contributed by atoms with van der Waals surface area (Å²) in [5.74, 6) is -0.885. The van der Waals surface area contributed by atoms with Crippen LogP contribution in [0, 0.1) is 5.82 Å². The van der Waals surface area contributed by atoms with Crippen LogP contribution in [-0.4, -0.2) is 12.5 Å². The first-order chi connectivity index (χ1) is 10.1. The highest BCUT2D eigenvalue weighted by atomic mass is 19.1. The molecule has 0 unspecified atom stereocenters. The molecule has 1 aromatic rings. The lowest BCUT2D eigenvalue weighted by atomic mass is 10.1. The van der Waals surface area contributed by atoms with E-state index >= 15 is 0 Å². The van der Waals surface area contributed by atoms with E-state index in [1.807, 2.05) is 0 Å². The van der Waals surface area contributed by atoms with Crippen LogP contribution in [-0.2, 0) is 0 Å². The Hall–Kier alpha value is -1.58. The second kappa shape index (κ2) is 10.2. The molecular weight excluding hydrogens is 267 g/mol. The first-order valence-corrected chi connectivity index (χ1v) is 7.98. The van der Waals surface area contributed by atoms with Crippen LogP contribution in [0.4, 0.5) is 10.1 Å². The number of nitrogens with one attached hydrogen (secondary N) is 1. The molecule has 1 aromatic carbocycles. The van der Waals surface area contributed by atoms with Gasteiger partial charge in [-0.3, -0.25) is 4.79 Å². The summed E-state index contributed by atoms with van der Waals surface area (Å²) in [6.07, 6.45) is 9.93. The summed E-state index contributed by atoms with van der Waals surface area (Å²) >= 11 is 0. The zero-order chi connectivity index (χ0) is 15.5. The maximum atomic E-state index is 13.6. The molecule has 0 radical (unpaired) electrons. The van der Waals surface area contributed by atoms with Crippen molar-refractivity contribution in [3.8, 4) is 0 Å². The average Bonchev–Trinajstić information content (AvgIpc) is 2.47. The van der Waals surface area contributed by atoms with Gasteiger partial charge < -0.3 is 11.1 Å². The predicted octanol–water partition coefficient (Wildman–Crippen LogP) is 4.48. The van der Waals surface area contributed by atoms with Crippen LogP contribution < -0.4 is 11.1 Å². The molecule has 21 heavy (non-hydrogen) atoms. The maximum Gasteiger partial charge on any atom is 0.248 e. The first kappa shape index (κ1) is 17.5. The summed E-state index contributed by atoms with van der Waals surface area (Å²) in [6.45, 7) is 2.94. The fraction of sp³-hybridized carbons (Fsp3) is 0.588. The maximum absolute atomic E-state index is 13.6. The number of halogens is 1. The van der Waals surface area contributed by atoms with Crippen molar-refractivity contribution in [1.82, 2.24) is 0 Å². The van der Waals surface area contributed by atoms with Gasteiger partial charge in [-0.1, -0.05) is 51.9 Å². The van der Waals surface area contributed by atoms with Crippen molar-refractivity contribution < 1.29 is 9.18 Å². The molecule has 1 amide bonds. The van der Waals surface area contributed by atoms with Crippen molar-refractivity contribution in [2.24, 2.45) is 5.73 Å². The summed E-state index contributed by atoms with van der Waals surface area (Å²) in [7, 11) is 0. The lowest BCUT2D eigenvalue weighted by Gasteiger charge is -2.08. The van der Waals surface area contributed by atoms with Gasteiger partial charge in [-0.05, 0) is 24.6 Å². The van der Waals surface area contributed by atoms with Gasteiger partial charge in [0.05, 0.1) is 5.69 Å². The van der Waals surface area contributed by atoms with Crippen LogP contribution >= 0.6 is 0 Å². The summed E-state index contributed by atoms with van der Waals surface area (Å²) < 4.78 is 13.6. The van der Waals surface area contributed by atoms with Crippen LogP contribution in [0.5, 0.6) is 0 Å². The molecule has 0 bridgehead atoms. The lowest BCUT2D eigenvalue weighted by Crippen LogP contribution is -2.12. The zero-order valence-electron chi connectivity index (χ0n) is 13.0. The van der Waals surface area contributed by atoms with E-state index in [9.17, 15) is 9.18 Å². The van der Waals surface area contributed by atoms with E-state index in [4.69, 9.17) is 5.73 Å². The highest BCUT2D eigenvalue weighted by molar-refractivity contribution is 5.93. The van der Waals surface area contributed by atoms with E-state index in [0.717, 1.165) is 12.8 Å². The average molecular weight is 294 g/mol. The van der Waals surface area contributed by atoms with Crippen LogP contribution in [0.25, 0.3) is 0 Å². The highest BCUT2D eigenvalue weighted by Gasteiger charge is 2.06. The fourth-order valence-electron chi connectivity index (χ4n) is 2.30. The smallest absolute Gasteiger partial charge is 0.248 e. The highest BCUT2D eigenvalue weighted by Crippen LogP contribution is 2.16. The SMILES string of the molecule is CCCCCCCCCCNc1cc(C(N)=O)ccc1F. The summed E-state index contributed by atoms with van der Waals surface area (Å²) in [5, 5.41) is 3.04. The quantitative estimate of drug-likeness (QED) is 0.591. The molecule has 3 nitrogen and oxygen atoms in total. The molecular formula is C17H27FN2O. The number of unbranched alkanes of at least 4 members (excludes halogenated alkanes) is 7. The van der Waals surface area contributed by atoms with Crippen molar-refractivity contribution >= 4 is 11.6 Å². The van der Waals surface area contributed by atoms with Crippen molar-refractivity contribution in [2.45, 2.75) is 58.3 Å². The molecule has 0 saturated carbocycles. The number of hydrogen-bond acceptors (Lipinski definition) is 2. The molecule has 1 rings (SSSR count). The fourth-order valence-corrected chi connectivity index (χ4v) is 2.30. The standard InChI is InChI=1S/C17H27FN2O/c1-2-3-4-5-6-7-8-9-12-20-16-13-14(17(19)21)10-11-15(16)18/h10-11,13,20H,2-9,12H2,1H3,(H2,19,21). The number of hydrogen-bond donors (Lipinski definition) is 2. The number of anilines is 1. The molecule has 0 fully saturated rings. The Balaban J connectivity index is 2.18. The Labute approximate surface area is 127 Å². The monoisotopic (exact) mass is 294 g/mol. The van der Waals surface area contributed by atoms with E-state index < -0.39 is 5.91 Å². The van der Waals surface area contributed by atoms with Crippen molar-refractivity contribution in [1.29, 1.82) is 0 Å². The van der Waals surface area contributed by atoms with E-state index in [1.165, 1.54) is 56.7 Å². The van der Waals surface area contributed by atoms with Gasteiger partial charge >= 0.3 is 0 Å². The zero-order valence-corrected chi connectivity index (χ0v) is 13.0. The second-order valence-corrected chi connectivity index (χ2v) is 5.46. The van der Waals surface area contributed by atoms with Crippen LogP contribution in [0.2, 0.25) is 0 Å². The molecule has 4 heteroatoms. The predicted molar refractivity (Wildman–Crippen MR) is 86.0 cm³/mol. The Morgan fingerprint density at radius 2 is 1.71 bits per heavy atom.